The van der Waals surface area contributed by atoms with Crippen LogP contribution in [0.1, 0.15) is 38.5 Å². The van der Waals surface area contributed by atoms with Gasteiger partial charge in [-0.15, -0.1) is 0 Å². The van der Waals surface area contributed by atoms with E-state index in [-0.39, 0.29) is 0 Å². The fourth-order valence-electron chi connectivity index (χ4n) is 2.47. The summed E-state index contributed by atoms with van der Waals surface area (Å²) in [5, 5.41) is 8.60. The minimum absolute atomic E-state index is 0.813. The third-order valence-corrected chi connectivity index (χ3v) is 3.52. The molecule has 0 unspecified atom stereocenters. The third kappa shape index (κ3) is 4.18. The maximum absolute atomic E-state index is 4.30. The average molecular weight is 224 g/mol. The van der Waals surface area contributed by atoms with Gasteiger partial charge < -0.3 is 0 Å². The van der Waals surface area contributed by atoms with Crippen LogP contribution in [0, 0.1) is 0 Å². The highest BCUT2D eigenvalue weighted by molar-refractivity contribution is 4.64. The molecule has 16 heavy (non-hydrogen) atoms. The predicted molar refractivity (Wildman–Crippen MR) is 65.4 cm³/mol. The molecule has 0 aromatic rings. The zero-order valence-electron chi connectivity index (χ0n) is 10.3. The standard InChI is InChI=1S/C12H24N4/c1-3-7-15(8-4-1)11-13-14-12-16-9-5-2-6-10-16/h1-12H2. The van der Waals surface area contributed by atoms with Crippen LogP contribution in [0.3, 0.4) is 0 Å². The number of rotatable bonds is 4. The number of piperidine rings is 2. The molecule has 2 aliphatic heterocycles. The molecular formula is C12H24N4. The van der Waals surface area contributed by atoms with Crippen molar-refractivity contribution in [3.8, 4) is 0 Å². The Bertz CT molecular complexity index is 183. The van der Waals surface area contributed by atoms with Crippen molar-refractivity contribution in [3.05, 3.63) is 0 Å². The highest BCUT2D eigenvalue weighted by atomic mass is 15.3. The van der Waals surface area contributed by atoms with Gasteiger partial charge in [0.2, 0.25) is 0 Å². The maximum atomic E-state index is 4.30. The van der Waals surface area contributed by atoms with Crippen molar-refractivity contribution in [1.29, 1.82) is 0 Å². The van der Waals surface area contributed by atoms with Crippen LogP contribution < -0.4 is 0 Å². The van der Waals surface area contributed by atoms with E-state index in [0.717, 1.165) is 13.3 Å². The van der Waals surface area contributed by atoms with Gasteiger partial charge in [-0.3, -0.25) is 9.80 Å². The number of hydrogen-bond donors (Lipinski definition) is 0. The number of likely N-dealkylation sites (tertiary alicyclic amines) is 2. The van der Waals surface area contributed by atoms with Crippen LogP contribution in [-0.4, -0.2) is 49.3 Å². The van der Waals surface area contributed by atoms with Crippen LogP contribution in [0.4, 0.5) is 0 Å². The fraction of sp³-hybridized carbons (Fsp3) is 1.00. The first kappa shape index (κ1) is 12.0. The second-order valence-electron chi connectivity index (χ2n) is 4.92. The lowest BCUT2D eigenvalue weighted by molar-refractivity contribution is 0.215. The highest BCUT2D eigenvalue weighted by Crippen LogP contribution is 2.09. The Hall–Kier alpha value is -0.480. The first-order valence-corrected chi connectivity index (χ1v) is 6.73. The van der Waals surface area contributed by atoms with Gasteiger partial charge in [-0.25, -0.2) is 0 Å². The largest absolute Gasteiger partial charge is 0.283 e. The molecule has 0 aromatic heterocycles. The van der Waals surface area contributed by atoms with Gasteiger partial charge in [0.25, 0.3) is 0 Å². The van der Waals surface area contributed by atoms with E-state index in [9.17, 15) is 0 Å². The van der Waals surface area contributed by atoms with Crippen molar-refractivity contribution in [1.82, 2.24) is 9.80 Å². The lowest BCUT2D eigenvalue weighted by atomic mass is 10.1. The van der Waals surface area contributed by atoms with E-state index >= 15 is 0 Å². The van der Waals surface area contributed by atoms with E-state index in [0.29, 0.717) is 0 Å². The van der Waals surface area contributed by atoms with E-state index in [1.54, 1.807) is 0 Å². The van der Waals surface area contributed by atoms with Gasteiger partial charge in [0, 0.05) is 0 Å². The maximum Gasteiger partial charge on any atom is 0.112 e. The molecule has 4 nitrogen and oxygen atoms in total. The molecule has 0 atom stereocenters. The first-order valence-electron chi connectivity index (χ1n) is 6.73. The van der Waals surface area contributed by atoms with Crippen molar-refractivity contribution in [2.75, 3.05) is 39.5 Å². The lowest BCUT2D eigenvalue weighted by Crippen LogP contribution is -2.31. The Morgan fingerprint density at radius 3 is 1.31 bits per heavy atom. The minimum Gasteiger partial charge on any atom is -0.283 e. The molecule has 0 aliphatic carbocycles. The van der Waals surface area contributed by atoms with Crippen LogP contribution >= 0.6 is 0 Å². The van der Waals surface area contributed by atoms with Gasteiger partial charge in [-0.05, 0) is 51.9 Å². The Morgan fingerprint density at radius 1 is 0.562 bits per heavy atom. The summed E-state index contributed by atoms with van der Waals surface area (Å²) in [6.07, 6.45) is 8.12. The molecule has 0 aromatic carbocycles. The van der Waals surface area contributed by atoms with E-state index in [4.69, 9.17) is 0 Å². The zero-order chi connectivity index (χ0) is 11.1. The first-order chi connectivity index (χ1) is 7.95. The molecule has 2 heterocycles. The van der Waals surface area contributed by atoms with Gasteiger partial charge in [-0.1, -0.05) is 12.8 Å². The Balaban J connectivity index is 1.57. The molecular weight excluding hydrogens is 200 g/mol. The molecule has 2 fully saturated rings. The van der Waals surface area contributed by atoms with E-state index < -0.39 is 0 Å². The summed E-state index contributed by atoms with van der Waals surface area (Å²) in [5.41, 5.74) is 0. The van der Waals surface area contributed by atoms with Crippen molar-refractivity contribution in [2.24, 2.45) is 10.2 Å². The van der Waals surface area contributed by atoms with Crippen LogP contribution in [0.2, 0.25) is 0 Å². The van der Waals surface area contributed by atoms with Crippen LogP contribution in [0.5, 0.6) is 0 Å². The molecule has 92 valence electrons. The van der Waals surface area contributed by atoms with E-state index in [1.807, 2.05) is 0 Å². The Labute approximate surface area is 98.7 Å². The quantitative estimate of drug-likeness (QED) is 0.686. The molecule has 0 bridgehead atoms. The van der Waals surface area contributed by atoms with E-state index in [2.05, 4.69) is 20.0 Å². The molecule has 0 N–H and O–H groups in total. The van der Waals surface area contributed by atoms with Crippen LogP contribution in [-0.2, 0) is 0 Å². The molecule has 4 heteroatoms. The zero-order valence-corrected chi connectivity index (χ0v) is 10.3. The van der Waals surface area contributed by atoms with Gasteiger partial charge in [0.15, 0.2) is 0 Å². The normalized spacial score (nSPS) is 25.2. The summed E-state index contributed by atoms with van der Waals surface area (Å²) in [5.74, 6) is 0. The van der Waals surface area contributed by atoms with Crippen molar-refractivity contribution < 1.29 is 0 Å². The summed E-state index contributed by atoms with van der Waals surface area (Å²) in [6.45, 7) is 6.47. The third-order valence-electron chi connectivity index (χ3n) is 3.52. The van der Waals surface area contributed by atoms with E-state index in [1.165, 1.54) is 64.7 Å². The van der Waals surface area contributed by atoms with Gasteiger partial charge in [-0.2, -0.15) is 10.2 Å². The Kier molecular flexibility index (Phi) is 5.22. The molecule has 2 aliphatic rings. The molecule has 0 radical (unpaired) electrons. The molecule has 2 rings (SSSR count). The van der Waals surface area contributed by atoms with Crippen molar-refractivity contribution in [2.45, 2.75) is 38.5 Å². The molecule has 0 saturated carbocycles. The van der Waals surface area contributed by atoms with Gasteiger partial charge in [0.05, 0.1) is 0 Å². The van der Waals surface area contributed by atoms with Crippen LogP contribution in [0.25, 0.3) is 0 Å². The fourth-order valence-corrected chi connectivity index (χ4v) is 2.47. The Morgan fingerprint density at radius 2 is 0.938 bits per heavy atom. The molecule has 0 spiro atoms. The number of azo groups is 1. The smallest absolute Gasteiger partial charge is 0.112 e. The van der Waals surface area contributed by atoms with Gasteiger partial charge in [0.1, 0.15) is 13.3 Å². The monoisotopic (exact) mass is 224 g/mol. The second-order valence-corrected chi connectivity index (χ2v) is 4.92. The second kappa shape index (κ2) is 6.97. The summed E-state index contributed by atoms with van der Waals surface area (Å²) >= 11 is 0. The molecule has 2 saturated heterocycles. The SMILES string of the molecule is C1CCN(CN=NCN2CCCCC2)CC1. The highest BCUT2D eigenvalue weighted by Gasteiger charge is 2.10. The molecule has 0 amide bonds. The van der Waals surface area contributed by atoms with Crippen molar-refractivity contribution in [3.63, 3.8) is 0 Å². The van der Waals surface area contributed by atoms with Crippen molar-refractivity contribution >= 4 is 0 Å². The minimum atomic E-state index is 0.813. The topological polar surface area (TPSA) is 31.2 Å². The number of nitrogens with zero attached hydrogens (tertiary/aromatic N) is 4. The average Bonchev–Trinajstić information content (AvgIpc) is 2.37. The summed E-state index contributed by atoms with van der Waals surface area (Å²) in [4.78, 5) is 4.81. The summed E-state index contributed by atoms with van der Waals surface area (Å²) in [6, 6.07) is 0. The predicted octanol–water partition coefficient (Wildman–Crippen LogP) is 2.33. The van der Waals surface area contributed by atoms with Gasteiger partial charge >= 0.3 is 0 Å². The lowest BCUT2D eigenvalue weighted by Gasteiger charge is -2.25. The van der Waals surface area contributed by atoms with Crippen LogP contribution in [0.15, 0.2) is 10.2 Å². The summed E-state index contributed by atoms with van der Waals surface area (Å²) < 4.78 is 0. The number of hydrogen-bond acceptors (Lipinski definition) is 4. The summed E-state index contributed by atoms with van der Waals surface area (Å²) in [7, 11) is 0.